The Hall–Kier alpha value is -2.23. The standard InChI is InChI=1S/C26H34O9/c1-22(2,32)15-10-17(28)25(5)14(24(15,4)16(27)11-18(29)30)6-8-23(3)19(13-7-9-33-12-13)34-21(31)20-26(23,25)35-20/h7,9,12,14-16,19-20,27,32H,6,8,10-11H2,1-5H3,(H,29,30)/t14-,15+,16-,19-,20-,23+,24-,25+,26-/m1/s1. The number of ketones is 1. The lowest BCUT2D eigenvalue weighted by Gasteiger charge is -2.66. The molecule has 0 radical (unpaired) electrons. The molecular weight excluding hydrogens is 456 g/mol. The zero-order valence-electron chi connectivity index (χ0n) is 20.7. The van der Waals surface area contributed by atoms with E-state index in [4.69, 9.17) is 13.9 Å². The number of aliphatic carboxylic acids is 1. The number of hydrogen-bond acceptors (Lipinski definition) is 8. The Morgan fingerprint density at radius 1 is 1.23 bits per heavy atom. The van der Waals surface area contributed by atoms with Crippen LogP contribution in [0.4, 0.5) is 0 Å². The Labute approximate surface area is 203 Å². The van der Waals surface area contributed by atoms with Gasteiger partial charge in [0.05, 0.1) is 36.1 Å². The maximum Gasteiger partial charge on any atom is 0.339 e. The van der Waals surface area contributed by atoms with Gasteiger partial charge in [0, 0.05) is 28.7 Å². The predicted molar refractivity (Wildman–Crippen MR) is 120 cm³/mol. The Morgan fingerprint density at radius 2 is 1.91 bits per heavy atom. The Morgan fingerprint density at radius 3 is 2.49 bits per heavy atom. The number of cyclic esters (lactones) is 1. The molecule has 2 aliphatic carbocycles. The third-order valence-electron chi connectivity index (χ3n) is 10.2. The molecule has 9 nitrogen and oxygen atoms in total. The Balaban J connectivity index is 1.68. The molecule has 9 heteroatoms. The molecular formula is C26H34O9. The van der Waals surface area contributed by atoms with E-state index < -0.39 is 76.0 Å². The number of carboxylic acids is 1. The van der Waals surface area contributed by atoms with Gasteiger partial charge < -0.3 is 29.2 Å². The van der Waals surface area contributed by atoms with E-state index in [-0.39, 0.29) is 12.2 Å². The summed E-state index contributed by atoms with van der Waals surface area (Å²) in [5, 5.41) is 31.9. The topological polar surface area (TPSA) is 147 Å². The number of carbonyl (C=O) groups excluding carboxylic acids is 2. The summed E-state index contributed by atoms with van der Waals surface area (Å²) in [6.45, 7) is 8.74. The first-order chi connectivity index (χ1) is 16.2. The molecule has 1 aromatic heterocycles. The van der Waals surface area contributed by atoms with Crippen LogP contribution >= 0.6 is 0 Å². The molecule has 4 aliphatic rings. The van der Waals surface area contributed by atoms with Gasteiger partial charge in [-0.1, -0.05) is 13.8 Å². The summed E-state index contributed by atoms with van der Waals surface area (Å²) in [5.74, 6) is -3.07. The average Bonchev–Trinajstić information content (AvgIpc) is 3.32. The number of carboxylic acid groups (broad SMARTS) is 1. The average molecular weight is 491 g/mol. The summed E-state index contributed by atoms with van der Waals surface area (Å²) in [6.07, 6.45) is 0.504. The summed E-state index contributed by atoms with van der Waals surface area (Å²) < 4.78 is 17.3. The molecule has 1 spiro atoms. The van der Waals surface area contributed by atoms with E-state index in [2.05, 4.69) is 0 Å². The quantitative estimate of drug-likeness (QED) is 0.418. The lowest BCUT2D eigenvalue weighted by molar-refractivity contribution is -0.236. The summed E-state index contributed by atoms with van der Waals surface area (Å²) in [7, 11) is 0. The van der Waals surface area contributed by atoms with Gasteiger partial charge in [0.15, 0.2) is 6.10 Å². The highest BCUT2D eigenvalue weighted by molar-refractivity contribution is 5.93. The van der Waals surface area contributed by atoms with Crippen LogP contribution in [0, 0.1) is 28.1 Å². The van der Waals surface area contributed by atoms with Crippen molar-refractivity contribution in [3.63, 3.8) is 0 Å². The van der Waals surface area contributed by atoms with Crippen molar-refractivity contribution in [1.82, 2.24) is 0 Å². The zero-order chi connectivity index (χ0) is 25.8. The summed E-state index contributed by atoms with van der Waals surface area (Å²) >= 11 is 0. The van der Waals surface area contributed by atoms with Crippen LogP contribution in [-0.2, 0) is 23.9 Å². The number of Topliss-reactive ketones (excluding diaryl/α,β-unsaturated/α-hetero) is 1. The number of ether oxygens (including phenoxy) is 2. The minimum absolute atomic E-state index is 0.0665. The molecule has 2 saturated heterocycles. The molecule has 35 heavy (non-hydrogen) atoms. The van der Waals surface area contributed by atoms with E-state index in [0.717, 1.165) is 0 Å². The van der Waals surface area contributed by atoms with Crippen molar-refractivity contribution >= 4 is 17.7 Å². The van der Waals surface area contributed by atoms with Crippen LogP contribution in [-0.4, -0.2) is 56.5 Å². The molecule has 0 unspecified atom stereocenters. The summed E-state index contributed by atoms with van der Waals surface area (Å²) in [6, 6.07) is 1.74. The number of aliphatic hydroxyl groups excluding tert-OH is 1. The number of epoxide rings is 1. The van der Waals surface area contributed by atoms with Gasteiger partial charge in [-0.2, -0.15) is 0 Å². The molecule has 2 saturated carbocycles. The van der Waals surface area contributed by atoms with Gasteiger partial charge in [-0.25, -0.2) is 4.79 Å². The Bertz CT molecular complexity index is 1070. The van der Waals surface area contributed by atoms with Crippen LogP contribution in [0.2, 0.25) is 0 Å². The largest absolute Gasteiger partial charge is 0.481 e. The van der Waals surface area contributed by atoms with E-state index in [0.29, 0.717) is 18.4 Å². The first-order valence-electron chi connectivity index (χ1n) is 12.2. The second kappa shape index (κ2) is 7.17. The number of carbonyl (C=O) groups is 3. The van der Waals surface area contributed by atoms with Crippen molar-refractivity contribution in [2.45, 2.75) is 89.8 Å². The highest BCUT2D eigenvalue weighted by Gasteiger charge is 2.88. The molecule has 9 atom stereocenters. The highest BCUT2D eigenvalue weighted by atomic mass is 16.7. The molecule has 3 N–H and O–H groups in total. The van der Waals surface area contributed by atoms with Crippen molar-refractivity contribution in [2.24, 2.45) is 28.1 Å². The monoisotopic (exact) mass is 490 g/mol. The first-order valence-corrected chi connectivity index (χ1v) is 12.2. The number of aliphatic hydroxyl groups is 2. The first kappa shape index (κ1) is 24.5. The van der Waals surface area contributed by atoms with E-state index in [1.165, 1.54) is 12.5 Å². The SMILES string of the molecule is CC(C)(O)[C@@H]1CC(=O)[C@]2(C)[C@H](CC[C@@]3(C)[C@@H](c4ccoc4)OC(=O)[C@H]4O[C@]432)[C@@]1(C)[C@H](O)CC(=O)O. The van der Waals surface area contributed by atoms with Crippen molar-refractivity contribution in [1.29, 1.82) is 0 Å². The number of furan rings is 1. The predicted octanol–water partition coefficient (Wildman–Crippen LogP) is 2.64. The molecule has 2 aliphatic heterocycles. The van der Waals surface area contributed by atoms with Gasteiger partial charge in [-0.15, -0.1) is 0 Å². The highest BCUT2D eigenvalue weighted by Crippen LogP contribution is 2.78. The molecule has 0 aromatic carbocycles. The maximum absolute atomic E-state index is 14.1. The zero-order valence-corrected chi connectivity index (χ0v) is 20.7. The third-order valence-corrected chi connectivity index (χ3v) is 10.2. The normalized spacial score (nSPS) is 45.6. The van der Waals surface area contributed by atoms with E-state index in [1.54, 1.807) is 33.8 Å². The van der Waals surface area contributed by atoms with Crippen LogP contribution in [0.25, 0.3) is 0 Å². The maximum atomic E-state index is 14.1. The molecule has 1 aromatic rings. The molecule has 0 bridgehead atoms. The minimum atomic E-state index is -1.35. The second-order valence-electron chi connectivity index (χ2n) is 12.1. The fourth-order valence-corrected chi connectivity index (χ4v) is 8.51. The summed E-state index contributed by atoms with van der Waals surface area (Å²) in [5.41, 5.74) is -4.93. The molecule has 0 amide bonds. The van der Waals surface area contributed by atoms with Crippen LogP contribution in [0.15, 0.2) is 23.0 Å². The molecule has 192 valence electrons. The second-order valence-corrected chi connectivity index (χ2v) is 12.1. The van der Waals surface area contributed by atoms with Gasteiger partial charge in [0.1, 0.15) is 17.5 Å². The minimum Gasteiger partial charge on any atom is -0.481 e. The van der Waals surface area contributed by atoms with Crippen LogP contribution in [0.5, 0.6) is 0 Å². The lowest BCUT2D eigenvalue weighted by Crippen LogP contribution is -2.73. The third kappa shape index (κ3) is 2.83. The smallest absolute Gasteiger partial charge is 0.339 e. The molecule has 3 heterocycles. The van der Waals surface area contributed by atoms with Crippen LogP contribution in [0.3, 0.4) is 0 Å². The van der Waals surface area contributed by atoms with E-state index in [1.807, 2.05) is 6.92 Å². The summed E-state index contributed by atoms with van der Waals surface area (Å²) in [4.78, 5) is 38.8. The Kier molecular flexibility index (Phi) is 5.01. The van der Waals surface area contributed by atoms with Gasteiger partial charge >= 0.3 is 11.9 Å². The van der Waals surface area contributed by atoms with Gasteiger partial charge in [0.25, 0.3) is 0 Å². The molecule has 5 rings (SSSR count). The fraction of sp³-hybridized carbons (Fsp3) is 0.731. The number of esters is 1. The van der Waals surface area contributed by atoms with Crippen molar-refractivity contribution in [3.05, 3.63) is 24.2 Å². The van der Waals surface area contributed by atoms with Crippen LogP contribution < -0.4 is 0 Å². The number of fused-ring (bicyclic) bond motifs is 1. The van der Waals surface area contributed by atoms with Crippen molar-refractivity contribution in [3.8, 4) is 0 Å². The lowest BCUT2D eigenvalue weighted by atomic mass is 9.37. The van der Waals surface area contributed by atoms with Gasteiger partial charge in [0.2, 0.25) is 0 Å². The fourth-order valence-electron chi connectivity index (χ4n) is 8.51. The van der Waals surface area contributed by atoms with Crippen molar-refractivity contribution in [2.75, 3.05) is 0 Å². The van der Waals surface area contributed by atoms with Crippen LogP contribution in [0.1, 0.15) is 72.0 Å². The number of rotatable bonds is 5. The number of hydrogen-bond donors (Lipinski definition) is 3. The van der Waals surface area contributed by atoms with Gasteiger partial charge in [-0.05, 0) is 45.6 Å². The van der Waals surface area contributed by atoms with E-state index >= 15 is 0 Å². The van der Waals surface area contributed by atoms with Crippen molar-refractivity contribution < 1.29 is 43.6 Å². The van der Waals surface area contributed by atoms with Gasteiger partial charge in [-0.3, -0.25) is 9.59 Å². The van der Waals surface area contributed by atoms with E-state index in [9.17, 15) is 29.7 Å². The molecule has 4 fully saturated rings.